The second-order valence-electron chi connectivity index (χ2n) is 7.37. The van der Waals surface area contributed by atoms with Crippen molar-refractivity contribution in [1.82, 2.24) is 4.31 Å². The molecule has 0 aromatic heterocycles. The third kappa shape index (κ3) is 4.57. The second kappa shape index (κ2) is 8.47. The number of ether oxygens (including phenoxy) is 1. The Morgan fingerprint density at radius 2 is 1.72 bits per heavy atom. The Hall–Kier alpha value is -2.51. The average Bonchev–Trinajstić information content (AvgIpc) is 3.25. The minimum Gasteiger partial charge on any atom is -0.451 e. The van der Waals surface area contributed by atoms with Gasteiger partial charge in [-0.25, -0.2) is 13.2 Å². The first-order valence-corrected chi connectivity index (χ1v) is 11.1. The molecule has 0 N–H and O–H groups in total. The van der Waals surface area contributed by atoms with E-state index in [4.69, 9.17) is 4.74 Å². The highest BCUT2D eigenvalue weighted by atomic mass is 32.2. The Morgan fingerprint density at radius 1 is 1.03 bits per heavy atom. The molecule has 3 rings (SSSR count). The first-order chi connectivity index (χ1) is 13.7. The summed E-state index contributed by atoms with van der Waals surface area (Å²) in [5.41, 5.74) is 2.36. The monoisotopic (exact) mass is 415 g/mol. The Labute approximate surface area is 171 Å². The number of aryl methyl sites for hydroxylation is 2. The van der Waals surface area contributed by atoms with Gasteiger partial charge in [-0.15, -0.1) is 0 Å². The van der Waals surface area contributed by atoms with Crippen LogP contribution in [-0.2, 0) is 14.8 Å². The smallest absolute Gasteiger partial charge is 0.338 e. The van der Waals surface area contributed by atoms with Gasteiger partial charge < -0.3 is 4.74 Å². The van der Waals surface area contributed by atoms with E-state index in [0.717, 1.165) is 24.0 Å². The number of carbonyl (C=O) groups is 2. The van der Waals surface area contributed by atoms with Gasteiger partial charge in [-0.05, 0) is 63.4 Å². The number of nitrogens with zero attached hydrogens (tertiary/aromatic N) is 1. The van der Waals surface area contributed by atoms with Gasteiger partial charge in [0.2, 0.25) is 15.8 Å². The van der Waals surface area contributed by atoms with Crippen LogP contribution in [-0.4, -0.2) is 43.7 Å². The fourth-order valence-corrected chi connectivity index (χ4v) is 4.93. The van der Waals surface area contributed by atoms with Gasteiger partial charge in [-0.2, -0.15) is 4.31 Å². The number of carbonyl (C=O) groups excluding carboxylic acids is 2. The van der Waals surface area contributed by atoms with E-state index in [1.165, 1.54) is 35.5 Å². The van der Waals surface area contributed by atoms with Crippen molar-refractivity contribution in [3.05, 3.63) is 64.7 Å². The topological polar surface area (TPSA) is 80.8 Å². The van der Waals surface area contributed by atoms with E-state index in [-0.39, 0.29) is 16.2 Å². The van der Waals surface area contributed by atoms with Crippen LogP contribution in [0, 0.1) is 13.8 Å². The third-order valence-electron chi connectivity index (χ3n) is 5.08. The molecule has 154 valence electrons. The van der Waals surface area contributed by atoms with Gasteiger partial charge in [0.15, 0.2) is 6.10 Å². The number of rotatable bonds is 6. The van der Waals surface area contributed by atoms with E-state index in [0.29, 0.717) is 18.7 Å². The lowest BCUT2D eigenvalue weighted by atomic mass is 9.99. The third-order valence-corrected chi connectivity index (χ3v) is 6.98. The predicted octanol–water partition coefficient (Wildman–Crippen LogP) is 3.52. The van der Waals surface area contributed by atoms with Crippen molar-refractivity contribution < 1.29 is 22.7 Å². The maximum absolute atomic E-state index is 12.7. The molecular weight excluding hydrogens is 390 g/mol. The van der Waals surface area contributed by atoms with Crippen LogP contribution in [0.3, 0.4) is 0 Å². The van der Waals surface area contributed by atoms with Crippen LogP contribution in [0.4, 0.5) is 0 Å². The van der Waals surface area contributed by atoms with E-state index in [1.54, 1.807) is 6.07 Å². The molecule has 0 aliphatic carbocycles. The lowest BCUT2D eigenvalue weighted by Gasteiger charge is -2.17. The molecule has 7 heteroatoms. The number of Topliss-reactive ketones (excluding diaryl/α,β-unsaturated/α-hetero) is 1. The van der Waals surface area contributed by atoms with Gasteiger partial charge in [-0.1, -0.05) is 23.8 Å². The summed E-state index contributed by atoms with van der Waals surface area (Å²) in [7, 11) is -3.63. The normalized spacial score (nSPS) is 15.8. The molecule has 1 atom stereocenters. The van der Waals surface area contributed by atoms with Gasteiger partial charge in [-0.3, -0.25) is 4.79 Å². The molecule has 0 spiro atoms. The van der Waals surface area contributed by atoms with Gasteiger partial charge in [0.1, 0.15) is 0 Å². The van der Waals surface area contributed by atoms with Crippen LogP contribution in [0.25, 0.3) is 0 Å². The molecular formula is C22H25NO5S. The minimum atomic E-state index is -3.63. The van der Waals surface area contributed by atoms with Gasteiger partial charge in [0, 0.05) is 18.7 Å². The van der Waals surface area contributed by atoms with Crippen molar-refractivity contribution in [3.8, 4) is 0 Å². The van der Waals surface area contributed by atoms with E-state index in [9.17, 15) is 18.0 Å². The Balaban J connectivity index is 1.77. The van der Waals surface area contributed by atoms with Crippen molar-refractivity contribution in [3.63, 3.8) is 0 Å². The fraction of sp³-hybridized carbons (Fsp3) is 0.364. The summed E-state index contributed by atoms with van der Waals surface area (Å²) >= 11 is 0. The maximum atomic E-state index is 12.7. The van der Waals surface area contributed by atoms with Crippen molar-refractivity contribution in [2.75, 3.05) is 13.1 Å². The standard InChI is InChI=1S/C22H25NO5S/c1-15-9-10-16(2)20(13-15)21(24)17(3)28-22(25)18-7-6-8-19(14-18)29(26,27)23-11-4-5-12-23/h6-10,13-14,17H,4-5,11-12H2,1-3H3/t17-/m0/s1. The molecule has 1 fully saturated rings. The number of sulfonamides is 1. The molecule has 1 aliphatic heterocycles. The zero-order chi connectivity index (χ0) is 21.2. The highest BCUT2D eigenvalue weighted by Crippen LogP contribution is 2.22. The van der Waals surface area contributed by atoms with Crippen LogP contribution in [0.15, 0.2) is 47.4 Å². The van der Waals surface area contributed by atoms with Crippen LogP contribution in [0.1, 0.15) is 51.6 Å². The van der Waals surface area contributed by atoms with E-state index < -0.39 is 22.1 Å². The summed E-state index contributed by atoms with van der Waals surface area (Å²) in [5.74, 6) is -1.02. The van der Waals surface area contributed by atoms with E-state index in [1.807, 2.05) is 26.0 Å². The SMILES string of the molecule is Cc1ccc(C)c(C(=O)[C@H](C)OC(=O)c2cccc(S(=O)(=O)N3CCCC3)c2)c1. The first kappa shape index (κ1) is 21.2. The summed E-state index contributed by atoms with van der Waals surface area (Å²) in [6.45, 7) is 6.21. The summed E-state index contributed by atoms with van der Waals surface area (Å²) < 4.78 is 32.2. The Kier molecular flexibility index (Phi) is 6.19. The number of hydrogen-bond donors (Lipinski definition) is 0. The molecule has 0 radical (unpaired) electrons. The van der Waals surface area contributed by atoms with E-state index in [2.05, 4.69) is 0 Å². The number of hydrogen-bond acceptors (Lipinski definition) is 5. The Morgan fingerprint density at radius 3 is 2.41 bits per heavy atom. The molecule has 1 saturated heterocycles. The van der Waals surface area contributed by atoms with Crippen molar-refractivity contribution in [2.45, 2.75) is 44.6 Å². The average molecular weight is 416 g/mol. The van der Waals surface area contributed by atoms with Crippen LogP contribution in [0.2, 0.25) is 0 Å². The quantitative estimate of drug-likeness (QED) is 0.533. The van der Waals surface area contributed by atoms with E-state index >= 15 is 0 Å². The molecule has 0 bridgehead atoms. The molecule has 0 unspecified atom stereocenters. The number of benzene rings is 2. The van der Waals surface area contributed by atoms with Gasteiger partial charge in [0.05, 0.1) is 10.5 Å². The molecule has 1 aliphatic rings. The first-order valence-electron chi connectivity index (χ1n) is 9.63. The summed E-state index contributed by atoms with van der Waals surface area (Å²) in [5, 5.41) is 0. The maximum Gasteiger partial charge on any atom is 0.338 e. The Bertz CT molecular complexity index is 1040. The second-order valence-corrected chi connectivity index (χ2v) is 9.31. The number of esters is 1. The minimum absolute atomic E-state index is 0.0577. The highest BCUT2D eigenvalue weighted by Gasteiger charge is 2.28. The van der Waals surface area contributed by atoms with Crippen LogP contribution in [0.5, 0.6) is 0 Å². The van der Waals surface area contributed by atoms with Crippen LogP contribution >= 0.6 is 0 Å². The molecule has 29 heavy (non-hydrogen) atoms. The zero-order valence-electron chi connectivity index (χ0n) is 16.8. The zero-order valence-corrected chi connectivity index (χ0v) is 17.7. The van der Waals surface area contributed by atoms with Gasteiger partial charge in [0.25, 0.3) is 0 Å². The molecule has 2 aromatic rings. The predicted molar refractivity (Wildman–Crippen MR) is 110 cm³/mol. The van der Waals surface area contributed by atoms with Crippen LogP contribution < -0.4 is 0 Å². The molecule has 6 nitrogen and oxygen atoms in total. The molecule has 0 saturated carbocycles. The van der Waals surface area contributed by atoms with Crippen molar-refractivity contribution in [1.29, 1.82) is 0 Å². The fourth-order valence-electron chi connectivity index (χ4n) is 3.36. The highest BCUT2D eigenvalue weighted by molar-refractivity contribution is 7.89. The molecule has 2 aromatic carbocycles. The number of ketones is 1. The lowest BCUT2D eigenvalue weighted by Crippen LogP contribution is -2.28. The molecule has 1 heterocycles. The summed E-state index contributed by atoms with van der Waals surface area (Å²) in [6, 6.07) is 11.3. The largest absolute Gasteiger partial charge is 0.451 e. The molecule has 0 amide bonds. The summed E-state index contributed by atoms with van der Waals surface area (Å²) in [6.07, 6.45) is 0.680. The van der Waals surface area contributed by atoms with Gasteiger partial charge >= 0.3 is 5.97 Å². The van der Waals surface area contributed by atoms with Crippen molar-refractivity contribution in [2.24, 2.45) is 0 Å². The lowest BCUT2D eigenvalue weighted by molar-refractivity contribution is 0.0318. The summed E-state index contributed by atoms with van der Waals surface area (Å²) in [4.78, 5) is 25.3. The van der Waals surface area contributed by atoms with Crippen molar-refractivity contribution >= 4 is 21.8 Å².